The second-order valence-corrected chi connectivity index (χ2v) is 5.64. The molecule has 1 aromatic carbocycles. The van der Waals surface area contributed by atoms with Crippen molar-refractivity contribution in [3.05, 3.63) is 35.8 Å². The van der Waals surface area contributed by atoms with Gasteiger partial charge < -0.3 is 4.42 Å². The highest BCUT2D eigenvalue weighted by atomic mass is 35.5. The summed E-state index contributed by atoms with van der Waals surface area (Å²) in [4.78, 5) is 3.88. The molecule has 6 heteroatoms. The molecule has 1 heterocycles. The molecule has 0 saturated heterocycles. The van der Waals surface area contributed by atoms with Crippen LogP contribution >= 0.6 is 11.6 Å². The highest BCUT2D eigenvalue weighted by molar-refractivity contribution is 7.90. The van der Waals surface area contributed by atoms with Gasteiger partial charge in [-0.25, -0.2) is 13.4 Å². The van der Waals surface area contributed by atoms with Crippen LogP contribution in [0.15, 0.2) is 40.1 Å². The van der Waals surface area contributed by atoms with Crippen molar-refractivity contribution >= 4 is 21.4 Å². The van der Waals surface area contributed by atoms with E-state index in [1.165, 1.54) is 18.7 Å². The molecule has 84 valence electrons. The summed E-state index contributed by atoms with van der Waals surface area (Å²) in [6, 6.07) is 4.67. The normalized spacial score (nSPS) is 11.6. The third-order valence-corrected chi connectivity index (χ3v) is 3.51. The average Bonchev–Trinajstić information content (AvgIpc) is 2.68. The quantitative estimate of drug-likeness (QED) is 0.829. The molecule has 0 radical (unpaired) electrons. The van der Waals surface area contributed by atoms with Crippen LogP contribution in [-0.4, -0.2) is 19.7 Å². The predicted octanol–water partition coefficient (Wildman–Crippen LogP) is 2.40. The van der Waals surface area contributed by atoms with E-state index < -0.39 is 9.84 Å². The number of hydrogen-bond donors (Lipinski definition) is 0. The molecule has 0 amide bonds. The maximum Gasteiger partial charge on any atom is 0.181 e. The van der Waals surface area contributed by atoms with Crippen molar-refractivity contribution in [2.75, 3.05) is 6.26 Å². The van der Waals surface area contributed by atoms with E-state index in [4.69, 9.17) is 16.0 Å². The third-order valence-electron chi connectivity index (χ3n) is 2.05. The predicted molar refractivity (Wildman–Crippen MR) is 60.1 cm³/mol. The van der Waals surface area contributed by atoms with Crippen molar-refractivity contribution in [1.29, 1.82) is 0 Å². The van der Waals surface area contributed by atoms with Crippen LogP contribution in [0, 0.1) is 0 Å². The van der Waals surface area contributed by atoms with Crippen molar-refractivity contribution < 1.29 is 12.8 Å². The molecule has 0 unspecified atom stereocenters. The standard InChI is InChI=1S/C10H8ClNO3S/c1-16(13,14)9-4-2-3-7(11)10(9)8-5-12-6-15-8/h2-6H,1H3. The van der Waals surface area contributed by atoms with Crippen LogP contribution in [0.3, 0.4) is 0 Å². The fraction of sp³-hybridized carbons (Fsp3) is 0.100. The second kappa shape index (κ2) is 3.92. The number of rotatable bonds is 2. The number of sulfone groups is 1. The summed E-state index contributed by atoms with van der Waals surface area (Å²) in [5.74, 6) is 0.339. The van der Waals surface area contributed by atoms with Crippen LogP contribution < -0.4 is 0 Å². The zero-order valence-electron chi connectivity index (χ0n) is 8.34. The first-order valence-corrected chi connectivity index (χ1v) is 6.64. The Kier molecular flexibility index (Phi) is 2.73. The summed E-state index contributed by atoms with van der Waals surface area (Å²) in [6.07, 6.45) is 3.78. The molecule has 0 atom stereocenters. The molecular formula is C10H8ClNO3S. The number of aromatic nitrogens is 1. The van der Waals surface area contributed by atoms with E-state index in [0.717, 1.165) is 6.26 Å². The number of hydrogen-bond acceptors (Lipinski definition) is 4. The number of benzene rings is 1. The Hall–Kier alpha value is -1.33. The second-order valence-electron chi connectivity index (χ2n) is 3.25. The van der Waals surface area contributed by atoms with E-state index in [9.17, 15) is 8.42 Å². The molecule has 16 heavy (non-hydrogen) atoms. The van der Waals surface area contributed by atoms with E-state index in [1.54, 1.807) is 12.1 Å². The van der Waals surface area contributed by atoms with Gasteiger partial charge in [0.15, 0.2) is 22.0 Å². The van der Waals surface area contributed by atoms with Gasteiger partial charge in [0.2, 0.25) is 0 Å². The number of halogens is 1. The molecule has 0 fully saturated rings. The van der Waals surface area contributed by atoms with Gasteiger partial charge in [-0.2, -0.15) is 0 Å². The summed E-state index contributed by atoms with van der Waals surface area (Å²) in [5, 5.41) is 0.319. The lowest BCUT2D eigenvalue weighted by molar-refractivity contribution is 0.569. The summed E-state index contributed by atoms with van der Waals surface area (Å²) in [7, 11) is -3.35. The van der Waals surface area contributed by atoms with Gasteiger partial charge in [0, 0.05) is 6.26 Å². The number of nitrogens with zero attached hydrogens (tertiary/aromatic N) is 1. The van der Waals surface area contributed by atoms with Crippen molar-refractivity contribution in [2.24, 2.45) is 0 Å². The third kappa shape index (κ3) is 1.96. The maximum absolute atomic E-state index is 11.6. The SMILES string of the molecule is CS(=O)(=O)c1cccc(Cl)c1-c1cnco1. The largest absolute Gasteiger partial charge is 0.443 e. The van der Waals surface area contributed by atoms with Crippen molar-refractivity contribution in [2.45, 2.75) is 4.90 Å². The Morgan fingerprint density at radius 3 is 2.69 bits per heavy atom. The minimum Gasteiger partial charge on any atom is -0.443 e. The average molecular weight is 258 g/mol. The molecule has 1 aromatic heterocycles. The molecule has 0 bridgehead atoms. The summed E-state index contributed by atoms with van der Waals surface area (Å²) in [5.41, 5.74) is 0.351. The summed E-state index contributed by atoms with van der Waals surface area (Å²) in [6.45, 7) is 0. The van der Waals surface area contributed by atoms with E-state index >= 15 is 0 Å². The molecule has 0 N–H and O–H groups in total. The molecule has 0 saturated carbocycles. The van der Waals surface area contributed by atoms with Gasteiger partial charge in [-0.05, 0) is 12.1 Å². The van der Waals surface area contributed by atoms with E-state index in [2.05, 4.69) is 4.98 Å². The van der Waals surface area contributed by atoms with Crippen LogP contribution in [0.25, 0.3) is 11.3 Å². The number of oxazole rings is 1. The highest BCUT2D eigenvalue weighted by Crippen LogP contribution is 2.33. The van der Waals surface area contributed by atoms with Crippen molar-refractivity contribution in [3.63, 3.8) is 0 Å². The molecule has 0 aliphatic carbocycles. The van der Waals surface area contributed by atoms with E-state index in [-0.39, 0.29) is 4.90 Å². The van der Waals surface area contributed by atoms with Crippen LogP contribution in [-0.2, 0) is 9.84 Å². The molecule has 0 aliphatic heterocycles. The lowest BCUT2D eigenvalue weighted by atomic mass is 10.2. The lowest BCUT2D eigenvalue weighted by Gasteiger charge is -2.06. The maximum atomic E-state index is 11.6. The molecule has 0 aliphatic rings. The van der Waals surface area contributed by atoms with Crippen molar-refractivity contribution in [1.82, 2.24) is 4.98 Å². The summed E-state index contributed by atoms with van der Waals surface area (Å²) < 4.78 is 28.2. The van der Waals surface area contributed by atoms with Gasteiger partial charge in [-0.3, -0.25) is 0 Å². The minimum absolute atomic E-state index is 0.136. The molecular weight excluding hydrogens is 250 g/mol. The Labute approximate surface area is 97.8 Å². The first-order valence-electron chi connectivity index (χ1n) is 4.37. The van der Waals surface area contributed by atoms with Gasteiger partial charge in [-0.1, -0.05) is 17.7 Å². The first-order chi connectivity index (χ1) is 7.50. The monoisotopic (exact) mass is 257 g/mol. The van der Waals surface area contributed by atoms with Crippen LogP contribution in [0.2, 0.25) is 5.02 Å². The fourth-order valence-corrected chi connectivity index (χ4v) is 2.62. The molecule has 2 aromatic rings. The van der Waals surface area contributed by atoms with Gasteiger partial charge in [0.25, 0.3) is 0 Å². The Morgan fingerprint density at radius 1 is 1.38 bits per heavy atom. The van der Waals surface area contributed by atoms with Crippen molar-refractivity contribution in [3.8, 4) is 11.3 Å². The zero-order valence-corrected chi connectivity index (χ0v) is 9.92. The van der Waals surface area contributed by atoms with Gasteiger partial charge in [-0.15, -0.1) is 0 Å². The van der Waals surface area contributed by atoms with Crippen LogP contribution in [0.4, 0.5) is 0 Å². The topological polar surface area (TPSA) is 60.2 Å². The van der Waals surface area contributed by atoms with Crippen LogP contribution in [0.5, 0.6) is 0 Å². The first kappa shape index (κ1) is 11.2. The Morgan fingerprint density at radius 2 is 2.12 bits per heavy atom. The lowest BCUT2D eigenvalue weighted by Crippen LogP contribution is -1.99. The van der Waals surface area contributed by atoms with Gasteiger partial charge in [0.1, 0.15) is 0 Å². The molecule has 0 spiro atoms. The molecule has 4 nitrogen and oxygen atoms in total. The molecule has 2 rings (SSSR count). The highest BCUT2D eigenvalue weighted by Gasteiger charge is 2.19. The van der Waals surface area contributed by atoms with Crippen LogP contribution in [0.1, 0.15) is 0 Å². The fourth-order valence-electron chi connectivity index (χ4n) is 1.39. The van der Waals surface area contributed by atoms with E-state index in [1.807, 2.05) is 0 Å². The Balaban J connectivity index is 2.78. The smallest absolute Gasteiger partial charge is 0.181 e. The van der Waals surface area contributed by atoms with Gasteiger partial charge in [0.05, 0.1) is 21.7 Å². The van der Waals surface area contributed by atoms with E-state index in [0.29, 0.717) is 16.3 Å². The Bertz CT molecular complexity index is 605. The zero-order chi connectivity index (χ0) is 11.8. The minimum atomic E-state index is -3.35. The van der Waals surface area contributed by atoms with Gasteiger partial charge >= 0.3 is 0 Å². The summed E-state index contributed by atoms with van der Waals surface area (Å²) >= 11 is 5.97.